The molecule has 1 aromatic heterocycles. The van der Waals surface area contributed by atoms with Gasteiger partial charge in [-0.2, -0.15) is 0 Å². The van der Waals surface area contributed by atoms with Crippen LogP contribution < -0.4 is 10.5 Å². The number of anilines is 1. The predicted molar refractivity (Wildman–Crippen MR) is 96.9 cm³/mol. The van der Waals surface area contributed by atoms with E-state index < -0.39 is 0 Å². The van der Waals surface area contributed by atoms with Gasteiger partial charge in [0, 0.05) is 31.2 Å². The standard InChI is InChI=1S/C20H20FN3O/c21-16-3-1-2-14(10-16)12-24-9-7-18(13-24)25-17-4-5-19-15(11-17)6-8-23-20(19)22/h1-6,8,10-11,18H,7,9,12-13H2,(H2,22,23)/t18-/m0/s1. The fraction of sp³-hybridized carbons (Fsp3) is 0.250. The highest BCUT2D eigenvalue weighted by molar-refractivity contribution is 5.91. The van der Waals surface area contributed by atoms with Crippen molar-refractivity contribution in [2.24, 2.45) is 0 Å². The van der Waals surface area contributed by atoms with Gasteiger partial charge in [0.2, 0.25) is 0 Å². The van der Waals surface area contributed by atoms with Crippen molar-refractivity contribution in [1.82, 2.24) is 9.88 Å². The van der Waals surface area contributed by atoms with E-state index in [0.29, 0.717) is 5.82 Å². The first-order valence-corrected chi connectivity index (χ1v) is 8.45. The largest absolute Gasteiger partial charge is 0.489 e. The van der Waals surface area contributed by atoms with Gasteiger partial charge in [0.1, 0.15) is 23.5 Å². The quantitative estimate of drug-likeness (QED) is 0.790. The number of aromatic nitrogens is 1. The molecule has 1 fully saturated rings. The SMILES string of the molecule is Nc1nccc2cc(O[C@H]3CCN(Cc4cccc(F)c4)C3)ccc12. The van der Waals surface area contributed by atoms with E-state index in [1.807, 2.05) is 30.3 Å². The van der Waals surface area contributed by atoms with Crippen LogP contribution in [0.2, 0.25) is 0 Å². The summed E-state index contributed by atoms with van der Waals surface area (Å²) in [6, 6.07) is 14.6. The second-order valence-corrected chi connectivity index (χ2v) is 6.47. The van der Waals surface area contributed by atoms with E-state index in [2.05, 4.69) is 9.88 Å². The maximum Gasteiger partial charge on any atom is 0.131 e. The summed E-state index contributed by atoms with van der Waals surface area (Å²) in [5.41, 5.74) is 6.88. The van der Waals surface area contributed by atoms with Crippen molar-refractivity contribution in [1.29, 1.82) is 0 Å². The third-order valence-corrected chi connectivity index (χ3v) is 4.59. The normalized spacial score (nSPS) is 17.9. The average Bonchev–Trinajstić information content (AvgIpc) is 3.02. The number of likely N-dealkylation sites (tertiary alicyclic amines) is 1. The molecule has 0 saturated carbocycles. The number of rotatable bonds is 4. The molecule has 0 spiro atoms. The first kappa shape index (κ1) is 15.8. The van der Waals surface area contributed by atoms with Gasteiger partial charge >= 0.3 is 0 Å². The van der Waals surface area contributed by atoms with Crippen molar-refractivity contribution in [2.75, 3.05) is 18.8 Å². The molecule has 5 heteroatoms. The Balaban J connectivity index is 1.41. The Morgan fingerprint density at radius 2 is 2.12 bits per heavy atom. The molecule has 2 N–H and O–H groups in total. The molecule has 1 aliphatic rings. The molecule has 4 rings (SSSR count). The number of hydrogen-bond acceptors (Lipinski definition) is 4. The van der Waals surface area contributed by atoms with Crippen molar-refractivity contribution in [3.8, 4) is 5.75 Å². The first-order valence-electron chi connectivity index (χ1n) is 8.45. The van der Waals surface area contributed by atoms with E-state index in [0.717, 1.165) is 48.1 Å². The third kappa shape index (κ3) is 3.56. The number of halogens is 1. The van der Waals surface area contributed by atoms with Gasteiger partial charge in [0.05, 0.1) is 0 Å². The van der Waals surface area contributed by atoms with Gasteiger partial charge in [-0.25, -0.2) is 9.37 Å². The van der Waals surface area contributed by atoms with Crippen molar-refractivity contribution < 1.29 is 9.13 Å². The molecular weight excluding hydrogens is 317 g/mol. The van der Waals surface area contributed by atoms with Crippen LogP contribution >= 0.6 is 0 Å². The lowest BCUT2D eigenvalue weighted by atomic mass is 10.1. The fourth-order valence-electron chi connectivity index (χ4n) is 3.38. The molecule has 0 unspecified atom stereocenters. The van der Waals surface area contributed by atoms with E-state index in [1.165, 1.54) is 6.07 Å². The Morgan fingerprint density at radius 1 is 1.20 bits per heavy atom. The van der Waals surface area contributed by atoms with Gasteiger partial charge in [-0.15, -0.1) is 0 Å². The van der Waals surface area contributed by atoms with Crippen LogP contribution in [0, 0.1) is 5.82 Å². The first-order chi connectivity index (χ1) is 12.2. The Hall–Kier alpha value is -2.66. The average molecular weight is 337 g/mol. The molecule has 1 aliphatic heterocycles. The predicted octanol–water partition coefficient (Wildman–Crippen LogP) is 3.61. The highest BCUT2D eigenvalue weighted by Gasteiger charge is 2.24. The highest BCUT2D eigenvalue weighted by Crippen LogP contribution is 2.26. The highest BCUT2D eigenvalue weighted by atomic mass is 19.1. The summed E-state index contributed by atoms with van der Waals surface area (Å²) in [5.74, 6) is 1.19. The second kappa shape index (κ2) is 6.69. The van der Waals surface area contributed by atoms with E-state index in [9.17, 15) is 4.39 Å². The lowest BCUT2D eigenvalue weighted by molar-refractivity contribution is 0.198. The second-order valence-electron chi connectivity index (χ2n) is 6.47. The van der Waals surface area contributed by atoms with Crippen LogP contribution in [0.4, 0.5) is 10.2 Å². The molecular formula is C20H20FN3O. The zero-order chi connectivity index (χ0) is 17.2. The molecule has 2 aromatic carbocycles. The van der Waals surface area contributed by atoms with Crippen LogP contribution in [0.3, 0.4) is 0 Å². The maximum atomic E-state index is 13.3. The van der Waals surface area contributed by atoms with Gasteiger partial charge in [-0.3, -0.25) is 4.90 Å². The third-order valence-electron chi connectivity index (χ3n) is 4.59. The Morgan fingerprint density at radius 3 is 3.00 bits per heavy atom. The molecule has 0 amide bonds. The molecule has 0 radical (unpaired) electrons. The Labute approximate surface area is 146 Å². The zero-order valence-electron chi connectivity index (χ0n) is 13.9. The van der Waals surface area contributed by atoms with Crippen molar-refractivity contribution in [3.63, 3.8) is 0 Å². The Bertz CT molecular complexity index is 899. The fourth-order valence-corrected chi connectivity index (χ4v) is 3.38. The number of pyridine rings is 1. The van der Waals surface area contributed by atoms with Gasteiger partial charge in [0.15, 0.2) is 0 Å². The minimum Gasteiger partial charge on any atom is -0.489 e. The molecule has 0 bridgehead atoms. The molecule has 1 saturated heterocycles. The number of benzene rings is 2. The van der Waals surface area contributed by atoms with Gasteiger partial charge in [0.25, 0.3) is 0 Å². The van der Waals surface area contributed by atoms with Crippen LogP contribution in [-0.4, -0.2) is 29.1 Å². The monoisotopic (exact) mass is 337 g/mol. The van der Waals surface area contributed by atoms with E-state index in [-0.39, 0.29) is 11.9 Å². The topological polar surface area (TPSA) is 51.4 Å². The van der Waals surface area contributed by atoms with Crippen molar-refractivity contribution in [3.05, 3.63) is 66.1 Å². The summed E-state index contributed by atoms with van der Waals surface area (Å²) in [6.07, 6.45) is 2.81. The minimum atomic E-state index is -0.186. The number of nitrogens with two attached hydrogens (primary N) is 1. The van der Waals surface area contributed by atoms with Crippen molar-refractivity contribution >= 4 is 16.6 Å². The van der Waals surface area contributed by atoms with Crippen LogP contribution in [0.1, 0.15) is 12.0 Å². The summed E-state index contributed by atoms with van der Waals surface area (Å²) in [6.45, 7) is 2.54. The lowest BCUT2D eigenvalue weighted by Gasteiger charge is -2.17. The molecule has 25 heavy (non-hydrogen) atoms. The molecule has 0 aliphatic carbocycles. The molecule has 1 atom stereocenters. The Kier molecular flexibility index (Phi) is 4.24. The van der Waals surface area contributed by atoms with E-state index in [4.69, 9.17) is 10.5 Å². The molecule has 4 nitrogen and oxygen atoms in total. The summed E-state index contributed by atoms with van der Waals surface area (Å²) in [7, 11) is 0. The van der Waals surface area contributed by atoms with Gasteiger partial charge < -0.3 is 10.5 Å². The number of nitrogens with zero attached hydrogens (tertiary/aromatic N) is 2. The summed E-state index contributed by atoms with van der Waals surface area (Å²) >= 11 is 0. The lowest BCUT2D eigenvalue weighted by Crippen LogP contribution is -2.24. The minimum absolute atomic E-state index is 0.144. The zero-order valence-corrected chi connectivity index (χ0v) is 13.9. The van der Waals surface area contributed by atoms with Crippen LogP contribution in [-0.2, 0) is 6.54 Å². The van der Waals surface area contributed by atoms with E-state index >= 15 is 0 Å². The smallest absolute Gasteiger partial charge is 0.131 e. The van der Waals surface area contributed by atoms with Crippen LogP contribution in [0.15, 0.2) is 54.7 Å². The van der Waals surface area contributed by atoms with Crippen molar-refractivity contribution in [2.45, 2.75) is 19.1 Å². The number of hydrogen-bond donors (Lipinski definition) is 1. The van der Waals surface area contributed by atoms with Gasteiger partial charge in [-0.05, 0) is 53.8 Å². The molecule has 3 aromatic rings. The van der Waals surface area contributed by atoms with E-state index in [1.54, 1.807) is 18.3 Å². The summed E-state index contributed by atoms with van der Waals surface area (Å²) in [5, 5.41) is 1.97. The van der Waals surface area contributed by atoms with Gasteiger partial charge in [-0.1, -0.05) is 12.1 Å². The van der Waals surface area contributed by atoms with Crippen LogP contribution in [0.5, 0.6) is 5.75 Å². The molecule has 2 heterocycles. The summed E-state index contributed by atoms with van der Waals surface area (Å²) < 4.78 is 19.4. The van der Waals surface area contributed by atoms with Crippen LogP contribution in [0.25, 0.3) is 10.8 Å². The maximum absolute atomic E-state index is 13.3. The summed E-state index contributed by atoms with van der Waals surface area (Å²) in [4.78, 5) is 6.39. The number of nitrogen functional groups attached to an aromatic ring is 1. The number of fused-ring (bicyclic) bond motifs is 1. The number of ether oxygens (including phenoxy) is 1. The molecule has 128 valence electrons.